The Labute approximate surface area is 158 Å². The van der Waals surface area contributed by atoms with Crippen molar-refractivity contribution in [3.63, 3.8) is 0 Å². The van der Waals surface area contributed by atoms with E-state index in [4.69, 9.17) is 4.74 Å². The summed E-state index contributed by atoms with van der Waals surface area (Å²) >= 11 is 1.63. The highest BCUT2D eigenvalue weighted by Gasteiger charge is 2.29. The van der Waals surface area contributed by atoms with Gasteiger partial charge in [0, 0.05) is 38.1 Å². The summed E-state index contributed by atoms with van der Waals surface area (Å²) in [4.78, 5) is 26.1. The van der Waals surface area contributed by atoms with E-state index in [0.29, 0.717) is 19.5 Å². The molecule has 138 valence electrons. The van der Waals surface area contributed by atoms with Crippen molar-refractivity contribution in [2.75, 3.05) is 26.2 Å². The zero-order chi connectivity index (χ0) is 17.8. The molecule has 1 amide bonds. The van der Waals surface area contributed by atoms with Gasteiger partial charge in [-0.1, -0.05) is 17.8 Å². The molecule has 7 heteroatoms. The van der Waals surface area contributed by atoms with Crippen LogP contribution in [0, 0.1) is 0 Å². The molecular weight excluding hydrogens is 348 g/mol. The maximum absolute atomic E-state index is 13.1. The number of aromatic nitrogens is 1. The molecule has 4 rings (SSSR count). The third kappa shape index (κ3) is 4.10. The number of amides is 1. The fourth-order valence-corrected chi connectivity index (χ4v) is 4.47. The van der Waals surface area contributed by atoms with E-state index in [2.05, 4.69) is 20.3 Å². The summed E-state index contributed by atoms with van der Waals surface area (Å²) in [5.74, 6) is 0.129. The molecule has 1 aromatic heterocycles. The van der Waals surface area contributed by atoms with Crippen molar-refractivity contribution in [2.45, 2.75) is 38.3 Å². The lowest BCUT2D eigenvalue weighted by Gasteiger charge is -2.28. The monoisotopic (exact) mass is 372 g/mol. The number of nitrogens with zero attached hydrogens (tertiary/aromatic N) is 4. The van der Waals surface area contributed by atoms with E-state index in [1.54, 1.807) is 18.0 Å². The predicted molar refractivity (Wildman–Crippen MR) is 103 cm³/mol. The van der Waals surface area contributed by atoms with Crippen molar-refractivity contribution >= 4 is 22.8 Å². The Morgan fingerprint density at radius 1 is 1.38 bits per heavy atom. The highest BCUT2D eigenvalue weighted by molar-refractivity contribution is 8.16. The van der Waals surface area contributed by atoms with Gasteiger partial charge in [0.15, 0.2) is 5.17 Å². The van der Waals surface area contributed by atoms with Crippen molar-refractivity contribution in [1.82, 2.24) is 14.8 Å². The van der Waals surface area contributed by atoms with Crippen LogP contribution in [0.3, 0.4) is 0 Å². The number of carbonyl (C=O) groups excluding carboxylic acids is 1. The van der Waals surface area contributed by atoms with Gasteiger partial charge >= 0.3 is 0 Å². The molecule has 1 saturated heterocycles. The number of ether oxygens (including phenoxy) is 1. The summed E-state index contributed by atoms with van der Waals surface area (Å²) in [6.45, 7) is 3.80. The summed E-state index contributed by atoms with van der Waals surface area (Å²) in [7, 11) is 0. The smallest absolute Gasteiger partial charge is 0.228 e. The van der Waals surface area contributed by atoms with Crippen LogP contribution < -0.4 is 0 Å². The Morgan fingerprint density at radius 2 is 2.35 bits per heavy atom. The van der Waals surface area contributed by atoms with Crippen LogP contribution in [0.25, 0.3) is 0 Å². The first-order valence-corrected chi connectivity index (χ1v) is 10.1. The third-order valence-corrected chi connectivity index (χ3v) is 5.83. The van der Waals surface area contributed by atoms with E-state index < -0.39 is 0 Å². The molecule has 0 bridgehead atoms. The lowest BCUT2D eigenvalue weighted by Crippen LogP contribution is -2.39. The van der Waals surface area contributed by atoms with Gasteiger partial charge in [0.25, 0.3) is 0 Å². The Kier molecular flexibility index (Phi) is 5.55. The number of hydrogen-bond donors (Lipinski definition) is 0. The van der Waals surface area contributed by atoms with Crippen LogP contribution in [0.4, 0.5) is 0 Å². The molecule has 0 aromatic carbocycles. The number of hydrogen-bond acceptors (Lipinski definition) is 6. The standard InChI is InChI=1S/C19H24N4O2S/c24-18(11-16-14-26-19-21-8-4-9-23(16)19)22(13-17-6-3-10-25-17)12-15-5-1-2-7-20-15/h1-2,5,7,14,17H,3-4,6,8-13H2. The summed E-state index contributed by atoms with van der Waals surface area (Å²) < 4.78 is 5.76. The zero-order valence-corrected chi connectivity index (χ0v) is 15.7. The normalized spacial score (nSPS) is 22.0. The minimum atomic E-state index is 0.129. The van der Waals surface area contributed by atoms with E-state index in [1.165, 1.54) is 0 Å². The van der Waals surface area contributed by atoms with Crippen molar-refractivity contribution in [3.8, 4) is 0 Å². The molecule has 6 nitrogen and oxygen atoms in total. The van der Waals surface area contributed by atoms with Crippen LogP contribution in [0.15, 0.2) is 40.5 Å². The average Bonchev–Trinajstić information content (AvgIpc) is 3.32. The molecule has 3 aliphatic heterocycles. The van der Waals surface area contributed by atoms with Crippen molar-refractivity contribution in [1.29, 1.82) is 0 Å². The van der Waals surface area contributed by atoms with E-state index in [1.807, 2.05) is 23.1 Å². The molecule has 26 heavy (non-hydrogen) atoms. The average molecular weight is 372 g/mol. The van der Waals surface area contributed by atoms with Crippen LogP contribution in [-0.4, -0.2) is 58.2 Å². The van der Waals surface area contributed by atoms with E-state index in [-0.39, 0.29) is 12.0 Å². The molecule has 0 aliphatic carbocycles. The van der Waals surface area contributed by atoms with Gasteiger partial charge in [0.05, 0.1) is 24.8 Å². The second kappa shape index (κ2) is 8.22. The molecule has 1 unspecified atom stereocenters. The molecule has 0 N–H and O–H groups in total. The van der Waals surface area contributed by atoms with Crippen LogP contribution in [-0.2, 0) is 16.1 Å². The van der Waals surface area contributed by atoms with Gasteiger partial charge in [-0.05, 0) is 36.8 Å². The number of amidine groups is 1. The molecule has 0 radical (unpaired) electrons. The maximum atomic E-state index is 13.1. The maximum Gasteiger partial charge on any atom is 0.228 e. The number of aliphatic imine (C=N–C) groups is 1. The van der Waals surface area contributed by atoms with E-state index in [0.717, 1.165) is 55.5 Å². The minimum absolute atomic E-state index is 0.129. The fourth-order valence-electron chi connectivity index (χ4n) is 3.52. The van der Waals surface area contributed by atoms with Crippen LogP contribution in [0.2, 0.25) is 0 Å². The van der Waals surface area contributed by atoms with Gasteiger partial charge in [-0.2, -0.15) is 0 Å². The number of fused-ring (bicyclic) bond motifs is 1. The highest BCUT2D eigenvalue weighted by atomic mass is 32.2. The molecule has 1 fully saturated rings. The molecular formula is C19H24N4O2S. The Bertz CT molecular complexity index is 701. The first-order chi connectivity index (χ1) is 12.8. The van der Waals surface area contributed by atoms with Crippen molar-refractivity contribution in [3.05, 3.63) is 41.2 Å². The molecule has 0 saturated carbocycles. The number of rotatable bonds is 6. The highest BCUT2D eigenvalue weighted by Crippen LogP contribution is 2.31. The van der Waals surface area contributed by atoms with Gasteiger partial charge < -0.3 is 14.5 Å². The Balaban J connectivity index is 1.44. The number of pyridine rings is 1. The zero-order valence-electron chi connectivity index (χ0n) is 14.8. The minimum Gasteiger partial charge on any atom is -0.376 e. The lowest BCUT2D eigenvalue weighted by molar-refractivity contribution is -0.133. The third-order valence-electron chi connectivity index (χ3n) is 4.88. The molecule has 3 aliphatic rings. The molecule has 0 spiro atoms. The number of thioether (sulfide) groups is 1. The van der Waals surface area contributed by atoms with Crippen LogP contribution in [0.5, 0.6) is 0 Å². The number of carbonyl (C=O) groups is 1. The first-order valence-electron chi connectivity index (χ1n) is 9.26. The summed E-state index contributed by atoms with van der Waals surface area (Å²) in [5, 5.41) is 3.11. The van der Waals surface area contributed by atoms with Crippen LogP contribution >= 0.6 is 11.8 Å². The second-order valence-corrected chi connectivity index (χ2v) is 7.64. The fraction of sp³-hybridized carbons (Fsp3) is 0.526. The van der Waals surface area contributed by atoms with Gasteiger partial charge in [0.1, 0.15) is 0 Å². The quantitative estimate of drug-likeness (QED) is 0.768. The van der Waals surface area contributed by atoms with Gasteiger partial charge in [-0.3, -0.25) is 14.8 Å². The first kappa shape index (κ1) is 17.5. The summed E-state index contributed by atoms with van der Waals surface area (Å²) in [6.07, 6.45) is 5.46. The Hall–Kier alpha value is -1.86. The van der Waals surface area contributed by atoms with Gasteiger partial charge in [-0.15, -0.1) is 0 Å². The molecule has 4 heterocycles. The van der Waals surface area contributed by atoms with Gasteiger partial charge in [-0.25, -0.2) is 0 Å². The predicted octanol–water partition coefficient (Wildman–Crippen LogP) is 2.63. The largest absolute Gasteiger partial charge is 0.376 e. The van der Waals surface area contributed by atoms with Crippen LogP contribution in [0.1, 0.15) is 31.4 Å². The van der Waals surface area contributed by atoms with Crippen molar-refractivity contribution in [2.24, 2.45) is 4.99 Å². The summed E-state index contributed by atoms with van der Waals surface area (Å²) in [5.41, 5.74) is 1.98. The topological polar surface area (TPSA) is 58.0 Å². The molecule has 1 atom stereocenters. The van der Waals surface area contributed by atoms with Crippen molar-refractivity contribution < 1.29 is 9.53 Å². The van der Waals surface area contributed by atoms with E-state index >= 15 is 0 Å². The molecule has 1 aromatic rings. The Morgan fingerprint density at radius 3 is 3.15 bits per heavy atom. The van der Waals surface area contributed by atoms with Gasteiger partial charge in [0.2, 0.25) is 5.91 Å². The lowest BCUT2D eigenvalue weighted by atomic mass is 10.2. The summed E-state index contributed by atoms with van der Waals surface area (Å²) in [6, 6.07) is 5.83. The van der Waals surface area contributed by atoms with E-state index in [9.17, 15) is 4.79 Å². The second-order valence-electron chi connectivity index (χ2n) is 6.80. The SMILES string of the molecule is O=C(CC1=CSC2=NCCCN12)N(Cc1ccccn1)CC1CCCO1.